The van der Waals surface area contributed by atoms with E-state index in [-0.39, 0.29) is 0 Å². The van der Waals surface area contributed by atoms with E-state index >= 15 is 0 Å². The van der Waals surface area contributed by atoms with Crippen LogP contribution in [0.4, 0.5) is 0 Å². The Morgan fingerprint density at radius 2 is 1.91 bits per heavy atom. The largest absolute Gasteiger partial charge is 0.468 e. The van der Waals surface area contributed by atoms with Crippen molar-refractivity contribution in [3.8, 4) is 11.4 Å². The average Bonchev–Trinajstić information content (AvgIpc) is 3.23. The molecule has 0 unspecified atom stereocenters. The van der Waals surface area contributed by atoms with Crippen molar-refractivity contribution in [2.45, 2.75) is 10.8 Å². The lowest BCUT2D eigenvalue weighted by molar-refractivity contribution is 0.530. The second-order valence-corrected chi connectivity index (χ2v) is 6.75. The third kappa shape index (κ3) is 3.02. The lowest BCUT2D eigenvalue weighted by Crippen LogP contribution is -1.96. The minimum absolute atomic E-state index is 0.727. The van der Waals surface area contributed by atoms with Gasteiger partial charge in [-0.1, -0.05) is 39.8 Å². The van der Waals surface area contributed by atoms with Crippen molar-refractivity contribution in [3.63, 3.8) is 0 Å². The van der Waals surface area contributed by atoms with E-state index in [0.717, 1.165) is 38.0 Å². The molecule has 3 aromatic heterocycles. The molecule has 0 saturated heterocycles. The highest BCUT2D eigenvalue weighted by Gasteiger charge is 2.10. The highest BCUT2D eigenvalue weighted by Crippen LogP contribution is 2.24. The molecule has 0 N–H and O–H groups in total. The molecule has 7 heteroatoms. The van der Waals surface area contributed by atoms with E-state index in [4.69, 9.17) is 4.42 Å². The highest BCUT2D eigenvalue weighted by atomic mass is 79.9. The van der Waals surface area contributed by atoms with E-state index in [1.54, 1.807) is 22.5 Å². The predicted molar refractivity (Wildman–Crippen MR) is 92.2 cm³/mol. The van der Waals surface area contributed by atoms with Crippen LogP contribution in [0.15, 0.2) is 68.7 Å². The van der Waals surface area contributed by atoms with Gasteiger partial charge in [0.25, 0.3) is 0 Å². The van der Waals surface area contributed by atoms with Crippen molar-refractivity contribution in [3.05, 3.63) is 65.0 Å². The van der Waals surface area contributed by atoms with E-state index in [2.05, 4.69) is 31.2 Å². The number of hydrogen-bond acceptors (Lipinski definition) is 5. The number of nitrogens with zero attached hydrogens (tertiary/aromatic N) is 4. The zero-order valence-corrected chi connectivity index (χ0v) is 14.3. The number of aromatic nitrogens is 4. The fraction of sp³-hybridized carbons (Fsp3) is 0.0625. The minimum atomic E-state index is 0.727. The number of hydrogen-bond donors (Lipinski definition) is 0. The molecule has 0 aliphatic rings. The van der Waals surface area contributed by atoms with Gasteiger partial charge in [-0.2, -0.15) is 9.61 Å². The maximum absolute atomic E-state index is 5.35. The minimum Gasteiger partial charge on any atom is -0.468 e. The normalized spacial score (nSPS) is 11.2. The molecule has 0 atom stereocenters. The monoisotopic (exact) mass is 386 g/mol. The van der Waals surface area contributed by atoms with Crippen LogP contribution in [0.25, 0.3) is 17.0 Å². The van der Waals surface area contributed by atoms with Crippen LogP contribution in [0.2, 0.25) is 0 Å². The van der Waals surface area contributed by atoms with Gasteiger partial charge in [-0.25, -0.2) is 0 Å². The van der Waals surface area contributed by atoms with Gasteiger partial charge < -0.3 is 4.42 Å². The first-order valence-corrected chi connectivity index (χ1v) is 8.71. The first-order chi connectivity index (χ1) is 11.3. The topological polar surface area (TPSA) is 56.2 Å². The summed E-state index contributed by atoms with van der Waals surface area (Å²) >= 11 is 5.05. The van der Waals surface area contributed by atoms with Gasteiger partial charge in [-0.15, -0.1) is 10.2 Å². The smallest absolute Gasteiger partial charge is 0.185 e. The summed E-state index contributed by atoms with van der Waals surface area (Å²) < 4.78 is 8.14. The molecular weight excluding hydrogens is 376 g/mol. The summed E-state index contributed by atoms with van der Waals surface area (Å²) in [5.41, 5.74) is 1.70. The maximum atomic E-state index is 5.35. The van der Waals surface area contributed by atoms with Crippen molar-refractivity contribution in [1.29, 1.82) is 0 Å². The SMILES string of the molecule is Brc1ccc(-c2nnc3ccc(SCc4ccco4)nn23)cc1. The number of rotatable bonds is 4. The lowest BCUT2D eigenvalue weighted by atomic mass is 10.2. The van der Waals surface area contributed by atoms with Gasteiger partial charge in [-0.05, 0) is 36.4 Å². The van der Waals surface area contributed by atoms with Gasteiger partial charge in [0.2, 0.25) is 0 Å². The average molecular weight is 387 g/mol. The molecule has 0 aliphatic heterocycles. The number of furan rings is 1. The molecule has 1 aromatic carbocycles. The molecule has 3 heterocycles. The Labute approximate surface area is 144 Å². The Morgan fingerprint density at radius 1 is 1.04 bits per heavy atom. The Kier molecular flexibility index (Phi) is 3.88. The van der Waals surface area contributed by atoms with Crippen molar-refractivity contribution >= 4 is 33.3 Å². The number of benzene rings is 1. The molecule has 0 aliphatic carbocycles. The Morgan fingerprint density at radius 3 is 2.70 bits per heavy atom. The molecule has 0 spiro atoms. The van der Waals surface area contributed by atoms with E-state index < -0.39 is 0 Å². The van der Waals surface area contributed by atoms with Gasteiger partial charge in [0.1, 0.15) is 10.8 Å². The van der Waals surface area contributed by atoms with Gasteiger partial charge in [-0.3, -0.25) is 0 Å². The van der Waals surface area contributed by atoms with E-state index in [1.165, 1.54) is 0 Å². The fourth-order valence-corrected chi connectivity index (χ4v) is 3.19. The van der Waals surface area contributed by atoms with E-state index in [0.29, 0.717) is 0 Å². The van der Waals surface area contributed by atoms with E-state index in [9.17, 15) is 0 Å². The molecule has 5 nitrogen and oxygen atoms in total. The molecule has 0 radical (unpaired) electrons. The van der Waals surface area contributed by atoms with Crippen molar-refractivity contribution in [2.75, 3.05) is 0 Å². The Hall–Kier alpha value is -2.12. The summed E-state index contributed by atoms with van der Waals surface area (Å²) in [5.74, 6) is 2.39. The first kappa shape index (κ1) is 14.5. The highest BCUT2D eigenvalue weighted by molar-refractivity contribution is 9.10. The van der Waals surface area contributed by atoms with Crippen LogP contribution in [0.1, 0.15) is 5.76 Å². The lowest BCUT2D eigenvalue weighted by Gasteiger charge is -2.02. The zero-order valence-electron chi connectivity index (χ0n) is 11.9. The second-order valence-electron chi connectivity index (χ2n) is 4.84. The van der Waals surface area contributed by atoms with Gasteiger partial charge in [0.05, 0.1) is 12.0 Å². The summed E-state index contributed by atoms with van der Waals surface area (Å²) in [7, 11) is 0. The first-order valence-electron chi connectivity index (χ1n) is 6.93. The molecular formula is C16H11BrN4OS. The zero-order chi connectivity index (χ0) is 15.6. The number of thioether (sulfide) groups is 1. The third-order valence-corrected chi connectivity index (χ3v) is 4.75. The molecule has 114 valence electrons. The summed E-state index contributed by atoms with van der Waals surface area (Å²) in [6.07, 6.45) is 1.68. The second kappa shape index (κ2) is 6.17. The number of fused-ring (bicyclic) bond motifs is 1. The molecule has 4 rings (SSSR count). The van der Waals surface area contributed by atoms with Gasteiger partial charge >= 0.3 is 0 Å². The van der Waals surface area contributed by atoms with Crippen LogP contribution in [0, 0.1) is 0 Å². The van der Waals surface area contributed by atoms with Crippen molar-refractivity contribution in [2.24, 2.45) is 0 Å². The maximum Gasteiger partial charge on any atom is 0.185 e. The van der Waals surface area contributed by atoms with Gasteiger partial charge in [0, 0.05) is 10.0 Å². The van der Waals surface area contributed by atoms with Gasteiger partial charge in [0.15, 0.2) is 11.5 Å². The van der Waals surface area contributed by atoms with E-state index in [1.807, 2.05) is 48.5 Å². The fourth-order valence-electron chi connectivity index (χ4n) is 2.17. The van der Waals surface area contributed by atoms with Crippen LogP contribution in [0.5, 0.6) is 0 Å². The Bertz CT molecular complexity index is 935. The summed E-state index contributed by atoms with van der Waals surface area (Å²) in [5, 5.41) is 14.0. The van der Waals surface area contributed by atoms with Crippen LogP contribution >= 0.6 is 27.7 Å². The summed E-state index contributed by atoms with van der Waals surface area (Å²) in [6, 6.07) is 15.7. The van der Waals surface area contributed by atoms with Crippen molar-refractivity contribution < 1.29 is 4.42 Å². The molecule has 0 bridgehead atoms. The molecule has 4 aromatic rings. The predicted octanol–water partition coefficient (Wildman–Crippen LogP) is 4.44. The quantitative estimate of drug-likeness (QED) is 0.485. The molecule has 0 saturated carbocycles. The van der Waals surface area contributed by atoms with Crippen LogP contribution in [-0.4, -0.2) is 19.8 Å². The molecule has 0 amide bonds. The summed E-state index contributed by atoms with van der Waals surface area (Å²) in [6.45, 7) is 0. The number of halogens is 1. The van der Waals surface area contributed by atoms with Crippen LogP contribution in [0.3, 0.4) is 0 Å². The summed E-state index contributed by atoms with van der Waals surface area (Å²) in [4.78, 5) is 0. The van der Waals surface area contributed by atoms with Crippen molar-refractivity contribution in [1.82, 2.24) is 19.8 Å². The molecule has 0 fully saturated rings. The third-order valence-electron chi connectivity index (χ3n) is 3.28. The molecule has 23 heavy (non-hydrogen) atoms. The standard InChI is InChI=1S/C16H11BrN4OS/c17-12-5-3-11(4-6-12)16-19-18-14-7-8-15(20-21(14)16)23-10-13-2-1-9-22-13/h1-9H,10H2. The van der Waals surface area contributed by atoms with Crippen LogP contribution < -0.4 is 0 Å². The Balaban J connectivity index is 1.67. The van der Waals surface area contributed by atoms with Crippen LogP contribution in [-0.2, 0) is 5.75 Å².